The van der Waals surface area contributed by atoms with E-state index in [0.717, 1.165) is 12.5 Å². The lowest BCUT2D eigenvalue weighted by atomic mass is 10.0. The van der Waals surface area contributed by atoms with E-state index in [9.17, 15) is 0 Å². The topological polar surface area (TPSA) is 27.0 Å². The molecule has 2 unspecified atom stereocenters. The van der Waals surface area contributed by atoms with E-state index in [1.807, 2.05) is 6.92 Å². The van der Waals surface area contributed by atoms with Crippen molar-refractivity contribution >= 4 is 0 Å². The molecule has 1 heterocycles. The highest BCUT2D eigenvalue weighted by molar-refractivity contribution is 4.84. The zero-order valence-electron chi connectivity index (χ0n) is 8.79. The minimum Gasteiger partial charge on any atom is -0.302 e. The van der Waals surface area contributed by atoms with Crippen molar-refractivity contribution in [1.82, 2.24) is 4.90 Å². The normalized spacial score (nSPS) is 25.8. The van der Waals surface area contributed by atoms with Gasteiger partial charge in [-0.05, 0) is 32.2 Å². The lowest BCUT2D eigenvalue weighted by molar-refractivity contribution is 0.298. The molecule has 1 saturated heterocycles. The Balaban J connectivity index is 2.21. The molecule has 0 aromatic heterocycles. The van der Waals surface area contributed by atoms with Gasteiger partial charge < -0.3 is 4.90 Å². The fourth-order valence-corrected chi connectivity index (χ4v) is 2.15. The molecule has 1 rings (SSSR count). The third kappa shape index (κ3) is 3.36. The lowest BCUT2D eigenvalue weighted by Gasteiger charge is -2.16. The predicted molar refractivity (Wildman–Crippen MR) is 54.2 cm³/mol. The van der Waals surface area contributed by atoms with Crippen molar-refractivity contribution in [3.63, 3.8) is 0 Å². The van der Waals surface area contributed by atoms with Crippen LogP contribution in [0.1, 0.15) is 33.1 Å². The van der Waals surface area contributed by atoms with Crippen LogP contribution in [0.3, 0.4) is 0 Å². The first-order valence-electron chi connectivity index (χ1n) is 5.38. The summed E-state index contributed by atoms with van der Waals surface area (Å²) in [6.45, 7) is 7.65. The second-order valence-corrected chi connectivity index (χ2v) is 4.23. The van der Waals surface area contributed by atoms with Crippen molar-refractivity contribution in [3.8, 4) is 6.07 Å². The van der Waals surface area contributed by atoms with E-state index in [0.29, 0.717) is 0 Å². The van der Waals surface area contributed by atoms with Gasteiger partial charge in [-0.25, -0.2) is 0 Å². The Kier molecular flexibility index (Phi) is 4.24. The van der Waals surface area contributed by atoms with Gasteiger partial charge in [0.2, 0.25) is 0 Å². The molecule has 0 aromatic carbocycles. The van der Waals surface area contributed by atoms with Gasteiger partial charge in [-0.15, -0.1) is 0 Å². The zero-order valence-corrected chi connectivity index (χ0v) is 8.79. The summed E-state index contributed by atoms with van der Waals surface area (Å²) in [7, 11) is 0. The molecule has 0 amide bonds. The van der Waals surface area contributed by atoms with Crippen molar-refractivity contribution in [2.75, 3.05) is 19.6 Å². The van der Waals surface area contributed by atoms with Crippen molar-refractivity contribution in [3.05, 3.63) is 0 Å². The lowest BCUT2D eigenvalue weighted by Crippen LogP contribution is -2.25. The molecular weight excluding hydrogens is 160 g/mol. The van der Waals surface area contributed by atoms with Crippen molar-refractivity contribution in [2.45, 2.75) is 33.1 Å². The molecule has 0 N–H and O–H groups in total. The number of nitriles is 1. The molecule has 1 aliphatic rings. The summed E-state index contributed by atoms with van der Waals surface area (Å²) in [5.74, 6) is 1.09. The second kappa shape index (κ2) is 5.24. The number of likely N-dealkylation sites (tertiary alicyclic amines) is 1. The van der Waals surface area contributed by atoms with Crippen LogP contribution in [0.5, 0.6) is 0 Å². The Morgan fingerprint density at radius 2 is 2.38 bits per heavy atom. The standard InChI is InChI=1S/C11H20N2/c1-3-4-11-5-6-13(9-11)8-10(2)7-12/h10-11H,3-6,8-9H2,1-2H3. The minimum atomic E-state index is 0.195. The molecular formula is C11H20N2. The van der Waals surface area contributed by atoms with Crippen LogP contribution in [-0.2, 0) is 0 Å². The van der Waals surface area contributed by atoms with Crippen LogP contribution >= 0.6 is 0 Å². The van der Waals surface area contributed by atoms with Gasteiger partial charge in [0.25, 0.3) is 0 Å². The summed E-state index contributed by atoms with van der Waals surface area (Å²) >= 11 is 0. The Hall–Kier alpha value is -0.550. The molecule has 13 heavy (non-hydrogen) atoms. The molecule has 2 nitrogen and oxygen atoms in total. The average Bonchev–Trinajstić information content (AvgIpc) is 2.53. The van der Waals surface area contributed by atoms with E-state index in [1.165, 1.54) is 32.4 Å². The van der Waals surface area contributed by atoms with Gasteiger partial charge in [-0.3, -0.25) is 0 Å². The van der Waals surface area contributed by atoms with Gasteiger partial charge in [0, 0.05) is 13.1 Å². The first-order chi connectivity index (χ1) is 6.26. The van der Waals surface area contributed by atoms with Crippen LogP contribution in [-0.4, -0.2) is 24.5 Å². The van der Waals surface area contributed by atoms with Gasteiger partial charge in [0.1, 0.15) is 0 Å². The fourth-order valence-electron chi connectivity index (χ4n) is 2.15. The summed E-state index contributed by atoms with van der Waals surface area (Å²) in [5, 5.41) is 8.69. The van der Waals surface area contributed by atoms with Gasteiger partial charge in [0.05, 0.1) is 12.0 Å². The minimum absolute atomic E-state index is 0.195. The first kappa shape index (κ1) is 10.5. The van der Waals surface area contributed by atoms with Crippen LogP contribution in [0, 0.1) is 23.2 Å². The van der Waals surface area contributed by atoms with E-state index >= 15 is 0 Å². The van der Waals surface area contributed by atoms with E-state index in [2.05, 4.69) is 17.9 Å². The number of nitrogens with zero attached hydrogens (tertiary/aromatic N) is 2. The van der Waals surface area contributed by atoms with E-state index in [4.69, 9.17) is 5.26 Å². The van der Waals surface area contributed by atoms with Gasteiger partial charge >= 0.3 is 0 Å². The second-order valence-electron chi connectivity index (χ2n) is 4.23. The van der Waals surface area contributed by atoms with Gasteiger partial charge in [0.15, 0.2) is 0 Å². The predicted octanol–water partition coefficient (Wildman–Crippen LogP) is 2.27. The summed E-state index contributed by atoms with van der Waals surface area (Å²) in [6.07, 6.45) is 4.00. The van der Waals surface area contributed by atoms with Gasteiger partial charge in [-0.1, -0.05) is 13.3 Å². The SMILES string of the molecule is CCCC1CCN(CC(C)C#N)C1. The quantitative estimate of drug-likeness (QED) is 0.663. The largest absolute Gasteiger partial charge is 0.302 e. The van der Waals surface area contributed by atoms with E-state index < -0.39 is 0 Å². The van der Waals surface area contributed by atoms with Crippen molar-refractivity contribution in [2.24, 2.45) is 11.8 Å². The van der Waals surface area contributed by atoms with Crippen LogP contribution in [0.2, 0.25) is 0 Å². The maximum Gasteiger partial charge on any atom is 0.0666 e. The molecule has 0 spiro atoms. The molecule has 0 saturated carbocycles. The molecule has 0 radical (unpaired) electrons. The number of rotatable bonds is 4. The Bertz CT molecular complexity index is 183. The summed E-state index contributed by atoms with van der Waals surface area (Å²) in [6, 6.07) is 2.30. The highest BCUT2D eigenvalue weighted by Crippen LogP contribution is 2.21. The summed E-state index contributed by atoms with van der Waals surface area (Å²) in [5.41, 5.74) is 0. The number of hydrogen-bond donors (Lipinski definition) is 0. The maximum absolute atomic E-state index is 8.69. The third-order valence-corrected chi connectivity index (χ3v) is 2.82. The molecule has 2 heteroatoms. The Morgan fingerprint density at radius 3 is 3.00 bits per heavy atom. The number of hydrogen-bond acceptors (Lipinski definition) is 2. The monoisotopic (exact) mass is 180 g/mol. The highest BCUT2D eigenvalue weighted by atomic mass is 15.1. The van der Waals surface area contributed by atoms with Gasteiger partial charge in [-0.2, -0.15) is 5.26 Å². The maximum atomic E-state index is 8.69. The Morgan fingerprint density at radius 1 is 1.62 bits per heavy atom. The average molecular weight is 180 g/mol. The van der Waals surface area contributed by atoms with E-state index in [-0.39, 0.29) is 5.92 Å². The Labute approximate surface area is 81.5 Å². The first-order valence-corrected chi connectivity index (χ1v) is 5.38. The van der Waals surface area contributed by atoms with Crippen LogP contribution in [0.4, 0.5) is 0 Å². The van der Waals surface area contributed by atoms with Crippen molar-refractivity contribution in [1.29, 1.82) is 5.26 Å². The summed E-state index contributed by atoms with van der Waals surface area (Å²) in [4.78, 5) is 2.44. The molecule has 74 valence electrons. The third-order valence-electron chi connectivity index (χ3n) is 2.82. The highest BCUT2D eigenvalue weighted by Gasteiger charge is 2.22. The van der Waals surface area contributed by atoms with Crippen LogP contribution < -0.4 is 0 Å². The smallest absolute Gasteiger partial charge is 0.0666 e. The molecule has 1 fully saturated rings. The van der Waals surface area contributed by atoms with Crippen LogP contribution in [0.25, 0.3) is 0 Å². The fraction of sp³-hybridized carbons (Fsp3) is 0.909. The molecule has 0 bridgehead atoms. The molecule has 1 aliphatic heterocycles. The van der Waals surface area contributed by atoms with E-state index in [1.54, 1.807) is 0 Å². The molecule has 2 atom stereocenters. The zero-order chi connectivity index (χ0) is 9.68. The summed E-state index contributed by atoms with van der Waals surface area (Å²) < 4.78 is 0. The van der Waals surface area contributed by atoms with Crippen molar-refractivity contribution < 1.29 is 0 Å². The van der Waals surface area contributed by atoms with Crippen LogP contribution in [0.15, 0.2) is 0 Å². The molecule has 0 aliphatic carbocycles. The molecule has 0 aromatic rings.